The summed E-state index contributed by atoms with van der Waals surface area (Å²) in [7, 11) is 0. The van der Waals surface area contributed by atoms with Crippen molar-refractivity contribution in [1.82, 2.24) is 10.6 Å². The van der Waals surface area contributed by atoms with Gasteiger partial charge in [-0.3, -0.25) is 0 Å². The van der Waals surface area contributed by atoms with Crippen LogP contribution in [0.1, 0.15) is 18.9 Å². The lowest BCUT2D eigenvalue weighted by atomic mass is 9.98. The van der Waals surface area contributed by atoms with Crippen molar-refractivity contribution in [3.63, 3.8) is 0 Å². The maximum atomic E-state index is 11.8. The molecule has 4 nitrogen and oxygen atoms in total. The van der Waals surface area contributed by atoms with Crippen molar-refractivity contribution in [2.24, 2.45) is 5.92 Å². The zero-order chi connectivity index (χ0) is 13.0. The molecule has 1 heterocycles. The van der Waals surface area contributed by atoms with Crippen LogP contribution < -0.4 is 16.0 Å². The number of amides is 2. The van der Waals surface area contributed by atoms with E-state index in [4.69, 9.17) is 0 Å². The van der Waals surface area contributed by atoms with Gasteiger partial charge in [0.05, 0.1) is 0 Å². The molecule has 98 valence electrons. The lowest BCUT2D eigenvalue weighted by molar-refractivity contribution is 0.241. The Morgan fingerprint density at radius 2 is 2.22 bits per heavy atom. The Hall–Kier alpha value is -1.55. The van der Waals surface area contributed by atoms with E-state index in [-0.39, 0.29) is 12.1 Å². The van der Waals surface area contributed by atoms with E-state index >= 15 is 0 Å². The minimum absolute atomic E-state index is 0.124. The molecule has 4 heteroatoms. The molecule has 0 aliphatic carbocycles. The first-order valence-electron chi connectivity index (χ1n) is 6.48. The summed E-state index contributed by atoms with van der Waals surface area (Å²) in [4.78, 5) is 11.8. The number of hydrogen-bond donors (Lipinski definition) is 3. The number of rotatable bonds is 2. The SMILES string of the molecule is Cc1cccc(NC(=O)NC2CNCC(C)C2)c1. The monoisotopic (exact) mass is 247 g/mol. The third kappa shape index (κ3) is 3.74. The smallest absolute Gasteiger partial charge is 0.319 e. The van der Waals surface area contributed by atoms with Crippen molar-refractivity contribution < 1.29 is 4.79 Å². The molecule has 1 aromatic carbocycles. The van der Waals surface area contributed by atoms with E-state index in [1.54, 1.807) is 0 Å². The number of benzene rings is 1. The zero-order valence-electron chi connectivity index (χ0n) is 11.0. The molecule has 1 aromatic rings. The van der Waals surface area contributed by atoms with E-state index in [0.29, 0.717) is 5.92 Å². The van der Waals surface area contributed by atoms with Crippen LogP contribution in [-0.2, 0) is 0 Å². The number of carbonyl (C=O) groups excluding carboxylic acids is 1. The molecule has 18 heavy (non-hydrogen) atoms. The van der Waals surface area contributed by atoms with Gasteiger partial charge in [-0.05, 0) is 43.5 Å². The molecule has 1 aliphatic heterocycles. The van der Waals surface area contributed by atoms with Gasteiger partial charge in [-0.15, -0.1) is 0 Å². The van der Waals surface area contributed by atoms with Crippen molar-refractivity contribution in [3.8, 4) is 0 Å². The zero-order valence-corrected chi connectivity index (χ0v) is 11.0. The van der Waals surface area contributed by atoms with E-state index in [1.807, 2.05) is 31.2 Å². The quantitative estimate of drug-likeness (QED) is 0.749. The maximum Gasteiger partial charge on any atom is 0.319 e. The highest BCUT2D eigenvalue weighted by Gasteiger charge is 2.19. The number of anilines is 1. The van der Waals surface area contributed by atoms with Gasteiger partial charge in [0.2, 0.25) is 0 Å². The Morgan fingerprint density at radius 1 is 1.39 bits per heavy atom. The molecular formula is C14H21N3O. The van der Waals surface area contributed by atoms with Gasteiger partial charge in [-0.1, -0.05) is 19.1 Å². The van der Waals surface area contributed by atoms with E-state index in [0.717, 1.165) is 30.8 Å². The van der Waals surface area contributed by atoms with E-state index in [2.05, 4.69) is 22.9 Å². The number of aryl methyl sites for hydroxylation is 1. The highest BCUT2D eigenvalue weighted by Crippen LogP contribution is 2.11. The third-order valence-electron chi connectivity index (χ3n) is 3.18. The fourth-order valence-corrected chi connectivity index (χ4v) is 2.34. The minimum atomic E-state index is -0.124. The van der Waals surface area contributed by atoms with Crippen LogP contribution in [0.15, 0.2) is 24.3 Å². The average molecular weight is 247 g/mol. The lowest BCUT2D eigenvalue weighted by Crippen LogP contribution is -2.49. The summed E-state index contributed by atoms with van der Waals surface area (Å²) in [5, 5.41) is 9.19. The van der Waals surface area contributed by atoms with Crippen LogP contribution in [0.25, 0.3) is 0 Å². The molecule has 0 radical (unpaired) electrons. The second-order valence-electron chi connectivity index (χ2n) is 5.16. The van der Waals surface area contributed by atoms with Crippen molar-refractivity contribution in [2.45, 2.75) is 26.3 Å². The standard InChI is InChI=1S/C14H21N3O/c1-10-4-3-5-12(6-10)16-14(18)17-13-7-11(2)8-15-9-13/h3-6,11,13,15H,7-9H2,1-2H3,(H2,16,17,18). The van der Waals surface area contributed by atoms with Crippen LogP contribution in [0.3, 0.4) is 0 Å². The Kier molecular flexibility index (Phi) is 4.20. The molecule has 2 unspecified atom stereocenters. The van der Waals surface area contributed by atoms with Gasteiger partial charge < -0.3 is 16.0 Å². The van der Waals surface area contributed by atoms with Gasteiger partial charge in [0.25, 0.3) is 0 Å². The van der Waals surface area contributed by atoms with Gasteiger partial charge in [0.1, 0.15) is 0 Å². The summed E-state index contributed by atoms with van der Waals surface area (Å²) in [6, 6.07) is 7.90. The highest BCUT2D eigenvalue weighted by atomic mass is 16.2. The first-order chi connectivity index (χ1) is 8.63. The first kappa shape index (κ1) is 12.9. The number of piperidine rings is 1. The van der Waals surface area contributed by atoms with E-state index in [1.165, 1.54) is 0 Å². The summed E-state index contributed by atoms with van der Waals surface area (Å²) in [5.41, 5.74) is 1.98. The molecule has 3 N–H and O–H groups in total. The highest BCUT2D eigenvalue weighted by molar-refractivity contribution is 5.89. The minimum Gasteiger partial charge on any atom is -0.334 e. The number of carbonyl (C=O) groups is 1. The first-order valence-corrected chi connectivity index (χ1v) is 6.48. The molecule has 0 bridgehead atoms. The van der Waals surface area contributed by atoms with Crippen LogP contribution >= 0.6 is 0 Å². The van der Waals surface area contributed by atoms with Gasteiger partial charge in [-0.25, -0.2) is 4.79 Å². The summed E-state index contributed by atoms with van der Waals surface area (Å²) < 4.78 is 0. The molecule has 2 atom stereocenters. The number of urea groups is 1. The second-order valence-corrected chi connectivity index (χ2v) is 5.16. The second kappa shape index (κ2) is 5.87. The summed E-state index contributed by atoms with van der Waals surface area (Å²) in [6.45, 7) is 6.10. The molecule has 0 saturated carbocycles. The Balaban J connectivity index is 1.85. The Bertz CT molecular complexity index is 419. The van der Waals surface area contributed by atoms with Crippen LogP contribution in [0.5, 0.6) is 0 Å². The van der Waals surface area contributed by atoms with Crippen molar-refractivity contribution >= 4 is 11.7 Å². The van der Waals surface area contributed by atoms with Crippen molar-refractivity contribution in [1.29, 1.82) is 0 Å². The normalized spacial score (nSPS) is 23.4. The largest absolute Gasteiger partial charge is 0.334 e. The molecule has 1 saturated heterocycles. The molecule has 0 spiro atoms. The average Bonchev–Trinajstić information content (AvgIpc) is 2.28. The fraction of sp³-hybridized carbons (Fsp3) is 0.500. The molecule has 0 aromatic heterocycles. The van der Waals surface area contributed by atoms with Crippen LogP contribution in [0.2, 0.25) is 0 Å². The van der Waals surface area contributed by atoms with Gasteiger partial charge in [0.15, 0.2) is 0 Å². The number of nitrogens with one attached hydrogen (secondary N) is 3. The predicted molar refractivity (Wildman–Crippen MR) is 73.8 cm³/mol. The topological polar surface area (TPSA) is 53.2 Å². The summed E-state index contributed by atoms with van der Waals surface area (Å²) >= 11 is 0. The van der Waals surface area contributed by atoms with Crippen LogP contribution in [-0.4, -0.2) is 25.2 Å². The molecular weight excluding hydrogens is 226 g/mol. The summed E-state index contributed by atoms with van der Waals surface area (Å²) in [5.74, 6) is 0.614. The van der Waals surface area contributed by atoms with E-state index in [9.17, 15) is 4.79 Å². The Morgan fingerprint density at radius 3 is 2.94 bits per heavy atom. The van der Waals surface area contributed by atoms with Gasteiger partial charge in [0, 0.05) is 18.3 Å². The third-order valence-corrected chi connectivity index (χ3v) is 3.18. The lowest BCUT2D eigenvalue weighted by Gasteiger charge is -2.28. The molecule has 2 rings (SSSR count). The van der Waals surface area contributed by atoms with E-state index < -0.39 is 0 Å². The summed E-state index contributed by atoms with van der Waals surface area (Å²) in [6.07, 6.45) is 1.04. The predicted octanol–water partition coefficient (Wildman–Crippen LogP) is 2.11. The van der Waals surface area contributed by atoms with Crippen LogP contribution in [0, 0.1) is 12.8 Å². The van der Waals surface area contributed by atoms with Crippen molar-refractivity contribution in [3.05, 3.63) is 29.8 Å². The molecule has 1 aliphatic rings. The molecule has 1 fully saturated rings. The maximum absolute atomic E-state index is 11.8. The number of hydrogen-bond acceptors (Lipinski definition) is 2. The van der Waals surface area contributed by atoms with Crippen molar-refractivity contribution in [2.75, 3.05) is 18.4 Å². The molecule has 2 amide bonds. The Labute approximate surface area is 108 Å². The van der Waals surface area contributed by atoms with Crippen LogP contribution in [0.4, 0.5) is 10.5 Å². The van der Waals surface area contributed by atoms with Gasteiger partial charge in [-0.2, -0.15) is 0 Å². The fourth-order valence-electron chi connectivity index (χ4n) is 2.34. The van der Waals surface area contributed by atoms with Gasteiger partial charge >= 0.3 is 6.03 Å².